The number of aromatic nitrogens is 1. The predicted molar refractivity (Wildman–Crippen MR) is 154 cm³/mol. The summed E-state index contributed by atoms with van der Waals surface area (Å²) in [5, 5.41) is 11.9. The number of methoxy groups -OCH3 is 2. The van der Waals surface area contributed by atoms with Crippen LogP contribution in [-0.4, -0.2) is 36.3 Å². The molecular formula is C30H25N3O7S. The molecule has 4 aromatic rings. The van der Waals surface area contributed by atoms with Gasteiger partial charge in [-0.25, -0.2) is 9.79 Å². The first-order chi connectivity index (χ1) is 19.9. The van der Waals surface area contributed by atoms with E-state index in [1.54, 1.807) is 6.92 Å². The van der Waals surface area contributed by atoms with Crippen LogP contribution in [0, 0.1) is 10.1 Å². The third-order valence-electron chi connectivity index (χ3n) is 6.51. The minimum Gasteiger partial charge on any atom is -0.493 e. The zero-order chi connectivity index (χ0) is 29.1. The molecule has 2 heterocycles. The Labute approximate surface area is 238 Å². The van der Waals surface area contributed by atoms with Gasteiger partial charge in [0.05, 0.1) is 59.2 Å². The molecule has 3 aromatic carbocycles. The summed E-state index contributed by atoms with van der Waals surface area (Å²) in [6.45, 7) is 1.85. The normalized spacial score (nSPS) is 14.7. The highest BCUT2D eigenvalue weighted by atomic mass is 32.1. The van der Waals surface area contributed by atoms with Gasteiger partial charge in [-0.15, -0.1) is 0 Å². The van der Waals surface area contributed by atoms with E-state index in [9.17, 15) is 19.7 Å². The molecule has 1 aliphatic heterocycles. The van der Waals surface area contributed by atoms with Crippen LogP contribution in [0.15, 0.2) is 88.2 Å². The van der Waals surface area contributed by atoms with Crippen molar-refractivity contribution < 1.29 is 23.9 Å². The van der Waals surface area contributed by atoms with Gasteiger partial charge in [-0.1, -0.05) is 72.0 Å². The van der Waals surface area contributed by atoms with Crippen molar-refractivity contribution >= 4 is 34.8 Å². The minimum atomic E-state index is -0.843. The van der Waals surface area contributed by atoms with Crippen LogP contribution in [-0.2, 0) is 9.53 Å². The molecule has 11 heteroatoms. The molecule has 1 atom stereocenters. The second-order valence-electron chi connectivity index (χ2n) is 8.87. The smallest absolute Gasteiger partial charge is 0.338 e. The highest BCUT2D eigenvalue weighted by molar-refractivity contribution is 7.07. The highest BCUT2D eigenvalue weighted by Gasteiger charge is 2.35. The number of carbonyl (C=O) groups is 1. The molecule has 10 nitrogen and oxygen atoms in total. The van der Waals surface area contributed by atoms with E-state index in [1.165, 1.54) is 37.0 Å². The van der Waals surface area contributed by atoms with Gasteiger partial charge in [-0.3, -0.25) is 19.5 Å². The van der Waals surface area contributed by atoms with Gasteiger partial charge in [-0.05, 0) is 24.6 Å². The van der Waals surface area contributed by atoms with Gasteiger partial charge in [0.1, 0.15) is 0 Å². The van der Waals surface area contributed by atoms with Crippen LogP contribution in [0.5, 0.6) is 11.5 Å². The van der Waals surface area contributed by atoms with E-state index in [0.717, 1.165) is 11.3 Å². The summed E-state index contributed by atoms with van der Waals surface area (Å²) in [7, 11) is 2.80. The highest BCUT2D eigenvalue weighted by Crippen LogP contribution is 2.36. The fraction of sp³-hybridized carbons (Fsp3) is 0.167. The van der Waals surface area contributed by atoms with Crippen molar-refractivity contribution in [2.45, 2.75) is 13.0 Å². The lowest BCUT2D eigenvalue weighted by molar-refractivity contribution is -0.385. The molecule has 0 bridgehead atoms. The third kappa shape index (κ3) is 5.14. The van der Waals surface area contributed by atoms with Crippen LogP contribution < -0.4 is 24.4 Å². The number of ether oxygens (including phenoxy) is 3. The number of rotatable bonds is 8. The molecule has 1 aromatic heterocycles. The topological polar surface area (TPSA) is 122 Å². The summed E-state index contributed by atoms with van der Waals surface area (Å²) in [5.41, 5.74) is 1.42. The average molecular weight is 572 g/mol. The largest absolute Gasteiger partial charge is 0.493 e. The maximum Gasteiger partial charge on any atom is 0.338 e. The van der Waals surface area contributed by atoms with Crippen LogP contribution in [0.4, 0.5) is 5.69 Å². The van der Waals surface area contributed by atoms with E-state index < -0.39 is 22.5 Å². The molecule has 41 heavy (non-hydrogen) atoms. The molecule has 0 radical (unpaired) electrons. The van der Waals surface area contributed by atoms with E-state index in [1.807, 2.05) is 60.7 Å². The first-order valence-electron chi connectivity index (χ1n) is 12.6. The van der Waals surface area contributed by atoms with E-state index in [4.69, 9.17) is 19.2 Å². The van der Waals surface area contributed by atoms with E-state index in [0.29, 0.717) is 21.6 Å². The van der Waals surface area contributed by atoms with Crippen molar-refractivity contribution in [3.63, 3.8) is 0 Å². The monoisotopic (exact) mass is 571 g/mol. The predicted octanol–water partition coefficient (Wildman–Crippen LogP) is 3.86. The number of thiazole rings is 1. The third-order valence-corrected chi connectivity index (χ3v) is 7.49. The lowest BCUT2D eigenvalue weighted by Gasteiger charge is -2.25. The summed E-state index contributed by atoms with van der Waals surface area (Å²) >= 11 is 1.07. The molecule has 0 saturated carbocycles. The Balaban J connectivity index is 1.83. The number of nitro benzene ring substituents is 1. The van der Waals surface area contributed by atoms with E-state index in [-0.39, 0.29) is 39.5 Å². The Bertz CT molecular complexity index is 1840. The number of hydrogen-bond acceptors (Lipinski definition) is 9. The quantitative estimate of drug-likeness (QED) is 0.179. The Kier molecular flexibility index (Phi) is 7.79. The molecule has 208 valence electrons. The zero-order valence-electron chi connectivity index (χ0n) is 22.4. The molecule has 0 N–H and O–H groups in total. The van der Waals surface area contributed by atoms with E-state index in [2.05, 4.69) is 0 Å². The van der Waals surface area contributed by atoms with Crippen LogP contribution in [0.3, 0.4) is 0 Å². The van der Waals surface area contributed by atoms with Gasteiger partial charge in [0.2, 0.25) is 0 Å². The fourth-order valence-corrected chi connectivity index (χ4v) is 5.68. The summed E-state index contributed by atoms with van der Waals surface area (Å²) in [5.74, 6) is -0.127. The Morgan fingerprint density at radius 2 is 1.68 bits per heavy atom. The number of benzene rings is 3. The maximum atomic E-state index is 14.0. The van der Waals surface area contributed by atoms with Crippen LogP contribution >= 0.6 is 11.3 Å². The number of hydrogen-bond donors (Lipinski definition) is 0. The first-order valence-corrected chi connectivity index (χ1v) is 13.4. The number of esters is 1. The average Bonchev–Trinajstić information content (AvgIpc) is 3.30. The summed E-state index contributed by atoms with van der Waals surface area (Å²) < 4.78 is 17.6. The zero-order valence-corrected chi connectivity index (χ0v) is 23.2. The second kappa shape index (κ2) is 11.6. The standard InChI is InChI=1S/C30H25N3O7S/c1-4-40-29(35)25-26(18-11-7-5-8-12-18)31-30-32(27(25)19-13-9-6-10-14-19)28(34)24(41-30)16-20-15-22(38-2)23(39-3)17-21(20)33(36)37/h5-17,27H,4H2,1-3H3/b24-16-/t27-/m1/s1. The molecule has 0 unspecified atom stereocenters. The Morgan fingerprint density at radius 1 is 1.05 bits per heavy atom. The van der Waals surface area contributed by atoms with Gasteiger partial charge in [0.25, 0.3) is 11.2 Å². The van der Waals surface area contributed by atoms with Gasteiger partial charge < -0.3 is 14.2 Å². The van der Waals surface area contributed by atoms with Crippen LogP contribution in [0.1, 0.15) is 29.7 Å². The number of carbonyl (C=O) groups excluding carboxylic acids is 1. The van der Waals surface area contributed by atoms with Crippen molar-refractivity contribution in [1.29, 1.82) is 0 Å². The van der Waals surface area contributed by atoms with Crippen LogP contribution in [0.2, 0.25) is 0 Å². The molecular weight excluding hydrogens is 546 g/mol. The number of nitro groups is 1. The molecule has 1 aliphatic rings. The molecule has 0 aliphatic carbocycles. The summed E-state index contributed by atoms with van der Waals surface area (Å²) in [6, 6.07) is 20.2. The molecule has 0 fully saturated rings. The molecule has 0 saturated heterocycles. The Hall–Kier alpha value is -5.03. The first kappa shape index (κ1) is 27.5. The summed E-state index contributed by atoms with van der Waals surface area (Å²) in [6.07, 6.45) is 1.43. The second-order valence-corrected chi connectivity index (χ2v) is 9.87. The van der Waals surface area contributed by atoms with Crippen LogP contribution in [0.25, 0.3) is 11.8 Å². The minimum absolute atomic E-state index is 0.138. The Morgan fingerprint density at radius 3 is 2.29 bits per heavy atom. The molecule has 0 amide bonds. The van der Waals surface area contributed by atoms with Crippen molar-refractivity contribution in [3.8, 4) is 11.5 Å². The number of nitrogens with zero attached hydrogens (tertiary/aromatic N) is 3. The maximum absolute atomic E-state index is 14.0. The van der Waals surface area contributed by atoms with Gasteiger partial charge in [0.15, 0.2) is 16.3 Å². The van der Waals surface area contributed by atoms with Gasteiger partial charge in [-0.2, -0.15) is 0 Å². The summed E-state index contributed by atoms with van der Waals surface area (Å²) in [4.78, 5) is 44.0. The van der Waals surface area contributed by atoms with Crippen molar-refractivity contribution in [3.05, 3.63) is 125 Å². The molecule has 0 spiro atoms. The lowest BCUT2D eigenvalue weighted by Crippen LogP contribution is -2.40. The van der Waals surface area contributed by atoms with Gasteiger partial charge >= 0.3 is 5.97 Å². The molecule has 5 rings (SSSR count). The SMILES string of the molecule is CCOC(=O)C1=C(c2ccccc2)N=c2s/c(=C\c3cc(OC)c(OC)cc3[N+](=O)[O-])c(=O)n2[C@@H]1c1ccccc1. The van der Waals surface area contributed by atoms with Crippen molar-refractivity contribution in [2.24, 2.45) is 4.99 Å². The van der Waals surface area contributed by atoms with Gasteiger partial charge in [0, 0.05) is 5.56 Å². The van der Waals surface area contributed by atoms with Crippen molar-refractivity contribution in [1.82, 2.24) is 4.57 Å². The lowest BCUT2D eigenvalue weighted by atomic mass is 9.93. The van der Waals surface area contributed by atoms with E-state index >= 15 is 0 Å². The van der Waals surface area contributed by atoms with Crippen molar-refractivity contribution in [2.75, 3.05) is 20.8 Å². The number of fused-ring (bicyclic) bond motifs is 1. The fourth-order valence-electron chi connectivity index (χ4n) is 4.69.